The van der Waals surface area contributed by atoms with Crippen LogP contribution in [0.2, 0.25) is 0 Å². The van der Waals surface area contributed by atoms with Crippen molar-refractivity contribution in [3.63, 3.8) is 0 Å². The summed E-state index contributed by atoms with van der Waals surface area (Å²) < 4.78 is 9.65. The molecule has 1 rings (SSSR count). The zero-order chi connectivity index (χ0) is 10.6. The first-order valence-electron chi connectivity index (χ1n) is 3.99. The van der Waals surface area contributed by atoms with E-state index in [4.69, 9.17) is 9.52 Å². The number of carbonyl (C=O) groups excluding carboxylic acids is 2. The van der Waals surface area contributed by atoms with Gasteiger partial charge in [0.15, 0.2) is 5.76 Å². The molecule has 0 fully saturated rings. The maximum atomic E-state index is 10.9. The third-order valence-corrected chi connectivity index (χ3v) is 1.50. The lowest BCUT2D eigenvalue weighted by Crippen LogP contribution is -2.02. The van der Waals surface area contributed by atoms with E-state index in [-0.39, 0.29) is 12.4 Å². The van der Waals surface area contributed by atoms with Crippen LogP contribution in [0.1, 0.15) is 23.2 Å². The number of hydrogen-bond donors (Lipinski definition) is 1. The second kappa shape index (κ2) is 4.57. The highest BCUT2D eigenvalue weighted by molar-refractivity contribution is 5.94. The Morgan fingerprint density at radius 1 is 1.50 bits per heavy atom. The molecule has 1 heterocycles. The minimum absolute atomic E-state index is 0.00591. The summed E-state index contributed by atoms with van der Waals surface area (Å²) in [4.78, 5) is 21.4. The fraction of sp³-hybridized carbons (Fsp3) is 0.333. The van der Waals surface area contributed by atoms with E-state index in [0.717, 1.165) is 0 Å². The molecule has 1 N–H and O–H groups in total. The molecule has 0 spiro atoms. The van der Waals surface area contributed by atoms with E-state index in [0.29, 0.717) is 5.76 Å². The van der Waals surface area contributed by atoms with Crippen LogP contribution in [0.4, 0.5) is 0 Å². The lowest BCUT2D eigenvalue weighted by Gasteiger charge is -1.97. The molecule has 0 saturated carbocycles. The van der Waals surface area contributed by atoms with Crippen molar-refractivity contribution in [2.75, 3.05) is 6.61 Å². The highest BCUT2D eigenvalue weighted by Gasteiger charge is 2.10. The van der Waals surface area contributed by atoms with Gasteiger partial charge in [0.25, 0.3) is 0 Å². The number of furan rings is 1. The molecule has 5 nitrogen and oxygen atoms in total. The first-order chi connectivity index (χ1) is 6.63. The number of aliphatic hydroxyl groups is 1. The van der Waals surface area contributed by atoms with Crippen molar-refractivity contribution in [3.05, 3.63) is 23.7 Å². The van der Waals surface area contributed by atoms with Crippen molar-refractivity contribution in [3.8, 4) is 0 Å². The lowest BCUT2D eigenvalue weighted by molar-refractivity contribution is -0.142. The quantitative estimate of drug-likeness (QED) is 0.563. The van der Waals surface area contributed by atoms with Crippen LogP contribution in [-0.2, 0) is 16.1 Å². The van der Waals surface area contributed by atoms with Crippen molar-refractivity contribution in [1.29, 1.82) is 0 Å². The van der Waals surface area contributed by atoms with Gasteiger partial charge in [-0.2, -0.15) is 0 Å². The maximum Gasteiger partial charge on any atom is 0.303 e. The third-order valence-electron chi connectivity index (χ3n) is 1.50. The second-order valence-corrected chi connectivity index (χ2v) is 2.63. The first kappa shape index (κ1) is 10.5. The van der Waals surface area contributed by atoms with Gasteiger partial charge in [0.2, 0.25) is 5.78 Å². The molecule has 0 radical (unpaired) electrons. The maximum absolute atomic E-state index is 10.9. The normalized spacial score (nSPS) is 9.86. The van der Waals surface area contributed by atoms with Gasteiger partial charge in [-0.05, 0) is 12.1 Å². The Morgan fingerprint density at radius 2 is 2.21 bits per heavy atom. The molecule has 0 bridgehead atoms. The van der Waals surface area contributed by atoms with Gasteiger partial charge in [-0.25, -0.2) is 0 Å². The monoisotopic (exact) mass is 198 g/mol. The van der Waals surface area contributed by atoms with Gasteiger partial charge in [0.1, 0.15) is 19.0 Å². The molecule has 0 atom stereocenters. The molecular formula is C9H10O5. The molecule has 76 valence electrons. The van der Waals surface area contributed by atoms with Crippen LogP contribution in [0, 0.1) is 0 Å². The molecule has 0 aromatic carbocycles. The van der Waals surface area contributed by atoms with Crippen molar-refractivity contribution in [2.24, 2.45) is 0 Å². The fourth-order valence-corrected chi connectivity index (χ4v) is 0.856. The Labute approximate surface area is 80.3 Å². The highest BCUT2D eigenvalue weighted by atomic mass is 16.5. The summed E-state index contributed by atoms with van der Waals surface area (Å²) in [5.74, 6) is -0.484. The van der Waals surface area contributed by atoms with Gasteiger partial charge in [-0.15, -0.1) is 0 Å². The van der Waals surface area contributed by atoms with E-state index < -0.39 is 18.4 Å². The second-order valence-electron chi connectivity index (χ2n) is 2.63. The topological polar surface area (TPSA) is 76.7 Å². The van der Waals surface area contributed by atoms with E-state index in [1.165, 1.54) is 19.1 Å². The number of esters is 1. The van der Waals surface area contributed by atoms with Crippen molar-refractivity contribution in [2.45, 2.75) is 13.5 Å². The number of carbonyl (C=O) groups is 2. The average Bonchev–Trinajstić information content (AvgIpc) is 2.62. The number of ether oxygens (including phenoxy) is 1. The summed E-state index contributed by atoms with van der Waals surface area (Å²) in [5.41, 5.74) is 0. The molecule has 0 unspecified atom stereocenters. The zero-order valence-corrected chi connectivity index (χ0v) is 7.65. The lowest BCUT2D eigenvalue weighted by atomic mass is 10.3. The first-order valence-corrected chi connectivity index (χ1v) is 3.99. The average molecular weight is 198 g/mol. The van der Waals surface area contributed by atoms with Gasteiger partial charge in [-0.3, -0.25) is 9.59 Å². The number of hydrogen-bond acceptors (Lipinski definition) is 5. The third kappa shape index (κ3) is 2.70. The largest absolute Gasteiger partial charge is 0.458 e. The summed E-state index contributed by atoms with van der Waals surface area (Å²) in [7, 11) is 0. The van der Waals surface area contributed by atoms with Crippen LogP contribution in [0.3, 0.4) is 0 Å². The van der Waals surface area contributed by atoms with Gasteiger partial charge in [0, 0.05) is 6.92 Å². The number of aliphatic hydroxyl groups excluding tert-OH is 1. The minimum Gasteiger partial charge on any atom is -0.458 e. The van der Waals surface area contributed by atoms with Crippen LogP contribution < -0.4 is 0 Å². The molecule has 5 heteroatoms. The predicted octanol–water partition coefficient (Wildman–Crippen LogP) is 0.518. The molecule has 0 saturated heterocycles. The van der Waals surface area contributed by atoms with E-state index in [1.807, 2.05) is 0 Å². The molecule has 0 aliphatic rings. The SMILES string of the molecule is CC(=O)OCc1ccc(C(=O)CO)o1. The standard InChI is InChI=1S/C9H10O5/c1-6(11)13-5-7-2-3-9(14-7)8(12)4-10/h2-3,10H,4-5H2,1H3. The van der Waals surface area contributed by atoms with Crippen LogP contribution >= 0.6 is 0 Å². The molecule has 0 amide bonds. The molecule has 1 aromatic rings. The van der Waals surface area contributed by atoms with E-state index in [9.17, 15) is 9.59 Å². The fourth-order valence-electron chi connectivity index (χ4n) is 0.856. The van der Waals surface area contributed by atoms with E-state index in [1.54, 1.807) is 0 Å². The molecule has 0 aliphatic carbocycles. The van der Waals surface area contributed by atoms with Crippen LogP contribution in [0.15, 0.2) is 16.5 Å². The van der Waals surface area contributed by atoms with Gasteiger partial charge in [-0.1, -0.05) is 0 Å². The zero-order valence-electron chi connectivity index (χ0n) is 7.65. The number of rotatable bonds is 4. The number of Topliss-reactive ketones (excluding diaryl/α,β-unsaturated/α-hetero) is 1. The van der Waals surface area contributed by atoms with Crippen molar-refractivity contribution in [1.82, 2.24) is 0 Å². The molecule has 1 aromatic heterocycles. The Bertz CT molecular complexity index is 339. The summed E-state index contributed by atoms with van der Waals surface area (Å²) >= 11 is 0. The van der Waals surface area contributed by atoms with Gasteiger partial charge >= 0.3 is 5.97 Å². The van der Waals surface area contributed by atoms with Crippen molar-refractivity contribution < 1.29 is 23.8 Å². The van der Waals surface area contributed by atoms with Crippen LogP contribution in [0.5, 0.6) is 0 Å². The summed E-state index contributed by atoms with van der Waals surface area (Å²) in [6.45, 7) is 0.678. The molecular weight excluding hydrogens is 188 g/mol. The van der Waals surface area contributed by atoms with Crippen LogP contribution in [0.25, 0.3) is 0 Å². The number of ketones is 1. The Kier molecular flexibility index (Phi) is 3.41. The summed E-state index contributed by atoms with van der Waals surface area (Å²) in [6, 6.07) is 2.95. The van der Waals surface area contributed by atoms with E-state index >= 15 is 0 Å². The smallest absolute Gasteiger partial charge is 0.303 e. The van der Waals surface area contributed by atoms with E-state index in [2.05, 4.69) is 4.74 Å². The van der Waals surface area contributed by atoms with Crippen molar-refractivity contribution >= 4 is 11.8 Å². The van der Waals surface area contributed by atoms with Gasteiger partial charge < -0.3 is 14.3 Å². The van der Waals surface area contributed by atoms with Gasteiger partial charge in [0.05, 0.1) is 0 Å². The Balaban J connectivity index is 2.59. The summed E-state index contributed by atoms with van der Waals surface area (Å²) in [6.07, 6.45) is 0. The summed E-state index contributed by atoms with van der Waals surface area (Å²) in [5, 5.41) is 8.52. The molecule has 14 heavy (non-hydrogen) atoms. The molecule has 0 aliphatic heterocycles. The Hall–Kier alpha value is -1.62. The minimum atomic E-state index is -0.597. The highest BCUT2D eigenvalue weighted by Crippen LogP contribution is 2.09. The predicted molar refractivity (Wildman–Crippen MR) is 45.6 cm³/mol. The van der Waals surface area contributed by atoms with Crippen LogP contribution in [-0.4, -0.2) is 23.5 Å². The Morgan fingerprint density at radius 3 is 2.79 bits per heavy atom.